The highest BCUT2D eigenvalue weighted by Gasteiger charge is 2.00. The van der Waals surface area contributed by atoms with E-state index in [0.717, 1.165) is 6.42 Å². The molecule has 0 atom stereocenters. The second-order valence-corrected chi connectivity index (χ2v) is 3.21. The topological polar surface area (TPSA) is 85.9 Å². The van der Waals surface area contributed by atoms with Gasteiger partial charge in [0.15, 0.2) is 0 Å². The molecule has 0 rings (SSSR count). The average molecular weight is 196 g/mol. The smallest absolute Gasteiger partial charge is 0.264 e. The largest absolute Gasteiger partial charge is 0.412 e. The van der Waals surface area contributed by atoms with Crippen LogP contribution in [0.5, 0.6) is 0 Å². The van der Waals surface area contributed by atoms with Gasteiger partial charge in [-0.2, -0.15) is 8.42 Å². The third-order valence-corrected chi connectivity index (χ3v) is 1.56. The van der Waals surface area contributed by atoms with Crippen molar-refractivity contribution in [3.8, 4) is 0 Å². The Morgan fingerprint density at radius 1 is 1.27 bits per heavy atom. The lowest BCUT2D eigenvalue weighted by atomic mass is 10.4. The highest BCUT2D eigenvalue weighted by Crippen LogP contribution is 1.90. The van der Waals surface area contributed by atoms with E-state index in [9.17, 15) is 8.42 Å². The summed E-state index contributed by atoms with van der Waals surface area (Å²) in [6.45, 7) is 1.87. The van der Waals surface area contributed by atoms with Crippen molar-refractivity contribution in [2.24, 2.45) is 0 Å². The Morgan fingerprint density at radius 2 is 1.64 bits per heavy atom. The number of halogens is 2. The maximum atomic E-state index is 9.95. The molecular weight excluding hydrogens is 182 g/mol. The second-order valence-electron chi connectivity index (χ2n) is 1.64. The summed E-state index contributed by atoms with van der Waals surface area (Å²) in [5, 5.41) is 0. The molecule has 0 aromatic rings. The van der Waals surface area contributed by atoms with Crippen LogP contribution in [-0.4, -0.2) is 24.2 Å². The van der Waals surface area contributed by atoms with Gasteiger partial charge in [0, 0.05) is 0 Å². The Labute approximate surface area is 64.4 Å². The van der Waals surface area contributed by atoms with E-state index in [0.29, 0.717) is 6.42 Å². The lowest BCUT2D eigenvalue weighted by Crippen LogP contribution is -2.02. The first-order valence-electron chi connectivity index (χ1n) is 2.51. The van der Waals surface area contributed by atoms with E-state index in [1.54, 1.807) is 0 Å². The fourth-order valence-electron chi connectivity index (χ4n) is 0.327. The monoisotopic (exact) mass is 196 g/mol. The van der Waals surface area contributed by atoms with Crippen LogP contribution in [0.25, 0.3) is 0 Å². The van der Waals surface area contributed by atoms with Crippen LogP contribution in [0.4, 0.5) is 9.41 Å². The fourth-order valence-corrected chi connectivity index (χ4v) is 0.980. The zero-order valence-corrected chi connectivity index (χ0v) is 6.93. The van der Waals surface area contributed by atoms with Crippen molar-refractivity contribution in [2.45, 2.75) is 19.8 Å². The maximum Gasteiger partial charge on any atom is 0.264 e. The Morgan fingerprint density at radius 3 is 1.73 bits per heavy atom. The van der Waals surface area contributed by atoms with Crippen LogP contribution in [0.1, 0.15) is 19.8 Å². The van der Waals surface area contributed by atoms with Gasteiger partial charge in [-0.1, -0.05) is 13.3 Å². The van der Waals surface area contributed by atoms with E-state index in [1.165, 1.54) is 0 Å². The van der Waals surface area contributed by atoms with E-state index >= 15 is 0 Å². The molecule has 0 radical (unpaired) electrons. The van der Waals surface area contributed by atoms with Crippen LogP contribution in [0.15, 0.2) is 0 Å². The number of hydrogen-bond donors (Lipinski definition) is 1. The molecule has 0 saturated carbocycles. The third kappa shape index (κ3) is 26.0. The fraction of sp³-hybridized carbons (Fsp3) is 1.00. The molecule has 0 aromatic heterocycles. The molecule has 0 aromatic carbocycles. The lowest BCUT2D eigenvalue weighted by molar-refractivity contribution is 0.480. The molecule has 0 fully saturated rings. The highest BCUT2D eigenvalue weighted by molar-refractivity contribution is 7.85. The van der Waals surface area contributed by atoms with Crippen molar-refractivity contribution in [1.29, 1.82) is 0 Å². The predicted molar refractivity (Wildman–Crippen MR) is 39.9 cm³/mol. The van der Waals surface area contributed by atoms with E-state index in [2.05, 4.69) is 0 Å². The lowest BCUT2D eigenvalue weighted by Gasteiger charge is -1.90. The quantitative estimate of drug-likeness (QED) is 0.652. The van der Waals surface area contributed by atoms with E-state index < -0.39 is 10.1 Å². The van der Waals surface area contributed by atoms with Gasteiger partial charge in [0.2, 0.25) is 0 Å². The molecule has 0 aliphatic rings. The Bertz CT molecular complexity index is 144. The maximum absolute atomic E-state index is 9.95. The minimum Gasteiger partial charge on any atom is -0.412 e. The van der Waals surface area contributed by atoms with Crippen molar-refractivity contribution in [2.75, 3.05) is 5.75 Å². The molecule has 0 amide bonds. The summed E-state index contributed by atoms with van der Waals surface area (Å²) in [6, 6.07) is 0. The molecule has 7 heteroatoms. The van der Waals surface area contributed by atoms with Crippen LogP contribution in [0.2, 0.25) is 0 Å². The van der Waals surface area contributed by atoms with Gasteiger partial charge >= 0.3 is 0 Å². The molecule has 0 spiro atoms. The Balaban J connectivity index is -0.0000000817. The molecule has 11 heavy (non-hydrogen) atoms. The molecule has 0 heterocycles. The number of rotatable bonds is 3. The van der Waals surface area contributed by atoms with Crippen LogP contribution < -0.4 is 0 Å². The number of unbranched alkanes of at least 4 members (excludes halogenated alkanes) is 1. The predicted octanol–water partition coefficient (Wildman–Crippen LogP) is 0.155. The first-order chi connectivity index (χ1) is 3.56. The van der Waals surface area contributed by atoms with Crippen molar-refractivity contribution in [3.05, 3.63) is 0 Å². The third-order valence-electron chi connectivity index (χ3n) is 0.756. The first kappa shape index (κ1) is 22.4. The average Bonchev–Trinajstić information content (AvgIpc) is 1.59. The molecule has 0 bridgehead atoms. The van der Waals surface area contributed by atoms with Crippen molar-refractivity contribution in [1.82, 2.24) is 0 Å². The molecule has 0 aliphatic heterocycles. The minimum atomic E-state index is -3.69. The second kappa shape index (κ2) is 9.73. The van der Waals surface area contributed by atoms with Gasteiger partial charge in [-0.3, -0.25) is 14.0 Å². The van der Waals surface area contributed by atoms with Crippen LogP contribution in [-0.2, 0) is 10.1 Å². The van der Waals surface area contributed by atoms with Crippen LogP contribution in [0.3, 0.4) is 0 Å². The summed E-state index contributed by atoms with van der Waals surface area (Å²) in [6.07, 6.45) is 1.33. The zero-order chi connectivity index (χ0) is 6.62. The summed E-state index contributed by atoms with van der Waals surface area (Å²) in [5.74, 6) is -0.108. The van der Waals surface area contributed by atoms with Crippen LogP contribution >= 0.6 is 0 Å². The highest BCUT2D eigenvalue weighted by atomic mass is 32.2. The molecular formula is C4H14F2O4S. The Hall–Kier alpha value is -0.270. The number of hydrogen-bond acceptors (Lipinski definition) is 2. The van der Waals surface area contributed by atoms with E-state index in [4.69, 9.17) is 4.55 Å². The summed E-state index contributed by atoms with van der Waals surface area (Å²) in [7, 11) is -3.69. The van der Waals surface area contributed by atoms with Gasteiger partial charge in [0.1, 0.15) is 0 Å². The molecule has 0 unspecified atom stereocenters. The zero-order valence-electron chi connectivity index (χ0n) is 6.11. The SMILES string of the molecule is CCCCS(=O)(=O)O.F.F.O. The molecule has 0 saturated heterocycles. The van der Waals surface area contributed by atoms with Crippen molar-refractivity contribution < 1.29 is 27.9 Å². The van der Waals surface area contributed by atoms with Gasteiger partial charge in [-0.05, 0) is 6.42 Å². The standard InChI is InChI=1S/C4H10O3S.2FH.H2O/c1-2-3-4-8(5,6)7;;;/h2-4H2,1H3,(H,5,6,7);2*1H;1H2. The summed E-state index contributed by atoms with van der Waals surface area (Å²) in [4.78, 5) is 0. The van der Waals surface area contributed by atoms with Gasteiger partial charge in [-0.15, -0.1) is 0 Å². The first-order valence-corrected chi connectivity index (χ1v) is 4.12. The van der Waals surface area contributed by atoms with Crippen molar-refractivity contribution in [3.63, 3.8) is 0 Å². The minimum absolute atomic E-state index is 0. The summed E-state index contributed by atoms with van der Waals surface area (Å²) < 4.78 is 28.0. The van der Waals surface area contributed by atoms with Crippen molar-refractivity contribution >= 4 is 10.1 Å². The van der Waals surface area contributed by atoms with Gasteiger partial charge < -0.3 is 5.48 Å². The normalized spacial score (nSPS) is 8.55. The summed E-state index contributed by atoms with van der Waals surface area (Å²) >= 11 is 0. The molecule has 3 N–H and O–H groups in total. The van der Waals surface area contributed by atoms with Crippen LogP contribution in [0, 0.1) is 0 Å². The van der Waals surface area contributed by atoms with Gasteiger partial charge in [0.25, 0.3) is 10.1 Å². The molecule has 4 nitrogen and oxygen atoms in total. The summed E-state index contributed by atoms with van der Waals surface area (Å²) in [5.41, 5.74) is 0. The van der Waals surface area contributed by atoms with Gasteiger partial charge in [-0.25, -0.2) is 0 Å². The molecule has 74 valence electrons. The van der Waals surface area contributed by atoms with E-state index in [-0.39, 0.29) is 20.6 Å². The van der Waals surface area contributed by atoms with Gasteiger partial charge in [0.05, 0.1) is 5.75 Å². The Kier molecular flexibility index (Phi) is 19.8. The van der Waals surface area contributed by atoms with E-state index in [1.807, 2.05) is 6.92 Å². The molecule has 0 aliphatic carbocycles.